The van der Waals surface area contributed by atoms with Gasteiger partial charge in [0.05, 0.1) is 5.56 Å². The van der Waals surface area contributed by atoms with Gasteiger partial charge in [0, 0.05) is 12.6 Å². The number of hydrogen-bond donors (Lipinski definition) is 1. The average Bonchev–Trinajstić information content (AvgIpc) is 2.48. The largest absolute Gasteiger partial charge is 0.437 e. The van der Waals surface area contributed by atoms with Crippen LogP contribution in [0.5, 0.6) is 11.6 Å². The fourth-order valence-electron chi connectivity index (χ4n) is 1.58. The molecule has 0 fully saturated rings. The standard InChI is InChI=1S/C14H14N4OS/c1-3-16-12-8-13(18-14(17-12)20-2)19-11-7-5-4-6-10(11)9-15/h4-8H,3H2,1-2H3,(H,16,17,18). The molecule has 6 heteroatoms. The molecule has 0 aliphatic carbocycles. The lowest BCUT2D eigenvalue weighted by Crippen LogP contribution is -2.02. The SMILES string of the molecule is CCNc1cc(Oc2ccccc2C#N)nc(SC)n1. The fraction of sp³-hybridized carbons (Fsp3) is 0.214. The van der Waals surface area contributed by atoms with Crippen LogP contribution in [0.3, 0.4) is 0 Å². The van der Waals surface area contributed by atoms with Crippen molar-refractivity contribution in [2.75, 3.05) is 18.1 Å². The van der Waals surface area contributed by atoms with E-state index in [1.165, 1.54) is 11.8 Å². The van der Waals surface area contributed by atoms with Gasteiger partial charge in [0.15, 0.2) is 5.16 Å². The van der Waals surface area contributed by atoms with Crippen LogP contribution in [0.1, 0.15) is 12.5 Å². The highest BCUT2D eigenvalue weighted by Crippen LogP contribution is 2.26. The summed E-state index contributed by atoms with van der Waals surface area (Å²) >= 11 is 1.44. The molecule has 0 atom stereocenters. The van der Waals surface area contributed by atoms with Gasteiger partial charge >= 0.3 is 0 Å². The number of para-hydroxylation sites is 1. The minimum absolute atomic E-state index is 0.419. The molecule has 1 aromatic heterocycles. The van der Waals surface area contributed by atoms with Crippen molar-refractivity contribution in [3.63, 3.8) is 0 Å². The van der Waals surface area contributed by atoms with E-state index in [0.29, 0.717) is 28.2 Å². The van der Waals surface area contributed by atoms with E-state index in [9.17, 15) is 0 Å². The maximum Gasteiger partial charge on any atom is 0.225 e. The Hall–Kier alpha value is -2.26. The van der Waals surface area contributed by atoms with Gasteiger partial charge in [0.1, 0.15) is 17.6 Å². The molecule has 0 saturated carbocycles. The number of hydrogen-bond acceptors (Lipinski definition) is 6. The second-order valence-corrected chi connectivity index (χ2v) is 4.59. The quantitative estimate of drug-likeness (QED) is 0.671. The van der Waals surface area contributed by atoms with Gasteiger partial charge in [-0.25, -0.2) is 4.98 Å². The number of aromatic nitrogens is 2. The summed E-state index contributed by atoms with van der Waals surface area (Å²) in [7, 11) is 0. The fourth-order valence-corrected chi connectivity index (χ4v) is 1.95. The van der Waals surface area contributed by atoms with Crippen LogP contribution in [-0.4, -0.2) is 22.8 Å². The summed E-state index contributed by atoms with van der Waals surface area (Å²) in [4.78, 5) is 8.61. The van der Waals surface area contributed by atoms with E-state index in [-0.39, 0.29) is 0 Å². The number of rotatable bonds is 5. The van der Waals surface area contributed by atoms with E-state index >= 15 is 0 Å². The Morgan fingerprint density at radius 3 is 2.85 bits per heavy atom. The van der Waals surface area contributed by atoms with Gasteiger partial charge in [-0.15, -0.1) is 0 Å². The molecule has 0 unspecified atom stereocenters. The first kappa shape index (κ1) is 14.2. The first-order valence-corrected chi connectivity index (χ1v) is 7.33. The monoisotopic (exact) mass is 286 g/mol. The Kier molecular flexibility index (Phi) is 4.80. The number of anilines is 1. The molecule has 20 heavy (non-hydrogen) atoms. The molecule has 1 N–H and O–H groups in total. The number of nitriles is 1. The first-order valence-electron chi connectivity index (χ1n) is 6.10. The van der Waals surface area contributed by atoms with Crippen LogP contribution >= 0.6 is 11.8 Å². The highest BCUT2D eigenvalue weighted by atomic mass is 32.2. The molecule has 0 saturated heterocycles. The van der Waals surface area contributed by atoms with E-state index in [4.69, 9.17) is 10.00 Å². The van der Waals surface area contributed by atoms with Gasteiger partial charge in [0.25, 0.3) is 0 Å². The molecule has 2 rings (SSSR count). The second-order valence-electron chi connectivity index (χ2n) is 3.82. The van der Waals surface area contributed by atoms with Crippen molar-refractivity contribution < 1.29 is 4.74 Å². The predicted molar refractivity (Wildman–Crippen MR) is 79.2 cm³/mol. The van der Waals surface area contributed by atoms with Gasteiger partial charge in [-0.1, -0.05) is 23.9 Å². The smallest absolute Gasteiger partial charge is 0.225 e. The van der Waals surface area contributed by atoms with E-state index in [1.807, 2.05) is 19.2 Å². The number of nitrogens with one attached hydrogen (secondary N) is 1. The third-order valence-corrected chi connectivity index (χ3v) is 2.99. The molecule has 0 radical (unpaired) electrons. The second kappa shape index (κ2) is 6.78. The predicted octanol–water partition coefficient (Wildman–Crippen LogP) is 3.29. The van der Waals surface area contributed by atoms with E-state index < -0.39 is 0 Å². The third-order valence-electron chi connectivity index (χ3n) is 2.44. The molecule has 0 spiro atoms. The lowest BCUT2D eigenvalue weighted by Gasteiger charge is -2.09. The lowest BCUT2D eigenvalue weighted by molar-refractivity contribution is 0.454. The van der Waals surface area contributed by atoms with Gasteiger partial charge in [-0.3, -0.25) is 0 Å². The molecule has 1 heterocycles. The minimum Gasteiger partial charge on any atom is -0.437 e. The summed E-state index contributed by atoms with van der Waals surface area (Å²) in [5.41, 5.74) is 0.474. The van der Waals surface area contributed by atoms with Crippen LogP contribution in [-0.2, 0) is 0 Å². The zero-order valence-corrected chi connectivity index (χ0v) is 12.1. The van der Waals surface area contributed by atoms with Crippen LogP contribution in [0.15, 0.2) is 35.5 Å². The maximum absolute atomic E-state index is 9.06. The molecule has 0 aliphatic heterocycles. The topological polar surface area (TPSA) is 70.8 Å². The van der Waals surface area contributed by atoms with Gasteiger partial charge in [-0.2, -0.15) is 10.2 Å². The van der Waals surface area contributed by atoms with Gasteiger partial charge < -0.3 is 10.1 Å². The van der Waals surface area contributed by atoms with Gasteiger partial charge in [-0.05, 0) is 25.3 Å². The van der Waals surface area contributed by atoms with Crippen LogP contribution < -0.4 is 10.1 Å². The number of ether oxygens (including phenoxy) is 1. The highest BCUT2D eigenvalue weighted by Gasteiger charge is 2.08. The molecule has 1 aromatic carbocycles. The number of nitrogens with zero attached hydrogens (tertiary/aromatic N) is 3. The Morgan fingerprint density at radius 1 is 1.35 bits per heavy atom. The summed E-state index contributed by atoms with van der Waals surface area (Å²) in [6, 6.07) is 10.9. The van der Waals surface area contributed by atoms with Crippen LogP contribution in [0.25, 0.3) is 0 Å². The van der Waals surface area contributed by atoms with Crippen molar-refractivity contribution in [3.8, 4) is 17.7 Å². The van der Waals surface area contributed by atoms with E-state index in [2.05, 4.69) is 21.4 Å². The summed E-state index contributed by atoms with van der Waals surface area (Å²) in [5.74, 6) is 1.61. The normalized spacial score (nSPS) is 9.85. The summed E-state index contributed by atoms with van der Waals surface area (Å²) in [6.07, 6.45) is 1.90. The van der Waals surface area contributed by atoms with Crippen LogP contribution in [0.2, 0.25) is 0 Å². The average molecular weight is 286 g/mol. The highest BCUT2D eigenvalue weighted by molar-refractivity contribution is 7.98. The van der Waals surface area contributed by atoms with E-state index in [1.54, 1.807) is 24.3 Å². The molecule has 0 amide bonds. The molecule has 2 aromatic rings. The molecular formula is C14H14N4OS. The van der Waals surface area contributed by atoms with Crippen molar-refractivity contribution in [3.05, 3.63) is 35.9 Å². The van der Waals surface area contributed by atoms with Crippen molar-refractivity contribution in [2.45, 2.75) is 12.1 Å². The number of benzene rings is 1. The summed E-state index contributed by atoms with van der Waals surface area (Å²) in [5, 5.41) is 12.8. The third kappa shape index (κ3) is 3.39. The Morgan fingerprint density at radius 2 is 2.15 bits per heavy atom. The Labute approximate surface area is 122 Å². The maximum atomic E-state index is 9.06. The molecule has 102 valence electrons. The summed E-state index contributed by atoms with van der Waals surface area (Å²) in [6.45, 7) is 2.76. The van der Waals surface area contributed by atoms with E-state index in [0.717, 1.165) is 6.54 Å². The lowest BCUT2D eigenvalue weighted by atomic mass is 10.2. The zero-order valence-electron chi connectivity index (χ0n) is 11.3. The van der Waals surface area contributed by atoms with Crippen molar-refractivity contribution in [1.82, 2.24) is 9.97 Å². The van der Waals surface area contributed by atoms with Crippen LogP contribution in [0.4, 0.5) is 5.82 Å². The minimum atomic E-state index is 0.419. The molecular weight excluding hydrogens is 272 g/mol. The zero-order chi connectivity index (χ0) is 14.4. The molecule has 0 bridgehead atoms. The Balaban J connectivity index is 2.33. The number of thioether (sulfide) groups is 1. The first-order chi connectivity index (χ1) is 9.76. The van der Waals surface area contributed by atoms with Gasteiger partial charge in [0.2, 0.25) is 5.88 Å². The van der Waals surface area contributed by atoms with Crippen molar-refractivity contribution >= 4 is 17.6 Å². The summed E-state index contributed by atoms with van der Waals surface area (Å²) < 4.78 is 5.70. The molecule has 5 nitrogen and oxygen atoms in total. The Bertz CT molecular complexity index is 639. The van der Waals surface area contributed by atoms with Crippen molar-refractivity contribution in [2.24, 2.45) is 0 Å². The molecule has 0 aliphatic rings. The van der Waals surface area contributed by atoms with Crippen LogP contribution in [0, 0.1) is 11.3 Å². The van der Waals surface area contributed by atoms with Crippen molar-refractivity contribution in [1.29, 1.82) is 5.26 Å².